The molecule has 5 heteroatoms. The number of fused-ring (bicyclic) bond motifs is 3. The van der Waals surface area contributed by atoms with E-state index in [0.717, 1.165) is 20.4 Å². The summed E-state index contributed by atoms with van der Waals surface area (Å²) >= 11 is 1.55. The van der Waals surface area contributed by atoms with Crippen molar-refractivity contribution < 1.29 is 4.74 Å². The van der Waals surface area contributed by atoms with Gasteiger partial charge < -0.3 is 4.74 Å². The molecule has 0 N–H and O–H groups in total. The molecule has 3 aromatic heterocycles. The van der Waals surface area contributed by atoms with Crippen molar-refractivity contribution in [2.45, 2.75) is 0 Å². The van der Waals surface area contributed by atoms with Crippen molar-refractivity contribution in [2.75, 3.05) is 7.11 Å². The fourth-order valence-electron chi connectivity index (χ4n) is 1.54. The van der Waals surface area contributed by atoms with E-state index < -0.39 is 0 Å². The molecule has 74 valence electrons. The van der Waals surface area contributed by atoms with Crippen molar-refractivity contribution in [1.82, 2.24) is 15.0 Å². The largest absolute Gasteiger partial charge is 0.480 e. The average Bonchev–Trinajstić information content (AvgIpc) is 2.67. The van der Waals surface area contributed by atoms with Gasteiger partial charge in [-0.25, -0.2) is 15.0 Å². The molecule has 3 heterocycles. The molecule has 15 heavy (non-hydrogen) atoms. The Labute approximate surface area is 89.6 Å². The van der Waals surface area contributed by atoms with Crippen LogP contribution in [-0.2, 0) is 0 Å². The lowest BCUT2D eigenvalue weighted by Gasteiger charge is -1.97. The number of hydrogen-bond donors (Lipinski definition) is 0. The van der Waals surface area contributed by atoms with Gasteiger partial charge in [-0.05, 0) is 12.1 Å². The number of ether oxygens (including phenoxy) is 1. The van der Waals surface area contributed by atoms with Crippen LogP contribution in [-0.4, -0.2) is 22.1 Å². The molecule has 0 fully saturated rings. The van der Waals surface area contributed by atoms with E-state index >= 15 is 0 Å². The summed E-state index contributed by atoms with van der Waals surface area (Å²) in [7, 11) is 1.61. The highest BCUT2D eigenvalue weighted by atomic mass is 32.1. The number of aromatic nitrogens is 3. The molecule has 0 atom stereocenters. The molecular weight excluding hydrogens is 210 g/mol. The summed E-state index contributed by atoms with van der Waals surface area (Å²) in [5.74, 6) is 0.614. The van der Waals surface area contributed by atoms with Crippen LogP contribution in [0.4, 0.5) is 0 Å². The molecule has 4 nitrogen and oxygen atoms in total. The molecule has 0 aliphatic rings. The molecule has 0 aromatic carbocycles. The Morgan fingerprint density at radius 2 is 2.20 bits per heavy atom. The van der Waals surface area contributed by atoms with Gasteiger partial charge in [0.15, 0.2) is 0 Å². The van der Waals surface area contributed by atoms with Crippen molar-refractivity contribution in [3.63, 3.8) is 0 Å². The van der Waals surface area contributed by atoms with Crippen LogP contribution in [0.15, 0.2) is 24.7 Å². The first-order valence-corrected chi connectivity index (χ1v) is 5.24. The zero-order valence-corrected chi connectivity index (χ0v) is 8.78. The van der Waals surface area contributed by atoms with Gasteiger partial charge in [0.25, 0.3) is 0 Å². The maximum absolute atomic E-state index is 5.19. The van der Waals surface area contributed by atoms with E-state index in [1.165, 1.54) is 6.33 Å². The van der Waals surface area contributed by atoms with Crippen molar-refractivity contribution in [2.24, 2.45) is 0 Å². The van der Waals surface area contributed by atoms with Crippen molar-refractivity contribution in [3.05, 3.63) is 24.7 Å². The number of nitrogens with zero attached hydrogens (tertiary/aromatic N) is 3. The minimum atomic E-state index is 0.614. The fraction of sp³-hybridized carbons (Fsp3) is 0.100. The highest BCUT2D eigenvalue weighted by Gasteiger charge is 2.11. The van der Waals surface area contributed by atoms with Gasteiger partial charge in [0, 0.05) is 11.6 Å². The van der Waals surface area contributed by atoms with Crippen LogP contribution in [0.25, 0.3) is 20.4 Å². The second-order valence-corrected chi connectivity index (χ2v) is 4.02. The van der Waals surface area contributed by atoms with E-state index in [-0.39, 0.29) is 0 Å². The average molecular weight is 217 g/mol. The van der Waals surface area contributed by atoms with Gasteiger partial charge in [0.2, 0.25) is 5.88 Å². The lowest BCUT2D eigenvalue weighted by molar-refractivity contribution is 0.403. The number of thiophene rings is 1. The summed E-state index contributed by atoms with van der Waals surface area (Å²) in [4.78, 5) is 13.6. The van der Waals surface area contributed by atoms with Crippen LogP contribution in [0.1, 0.15) is 0 Å². The molecule has 0 unspecified atom stereocenters. The van der Waals surface area contributed by atoms with Gasteiger partial charge in [0.05, 0.1) is 12.6 Å². The van der Waals surface area contributed by atoms with Gasteiger partial charge in [-0.3, -0.25) is 0 Å². The summed E-state index contributed by atoms with van der Waals surface area (Å²) in [5, 5.41) is 1.05. The predicted octanol–water partition coefficient (Wildman–Crippen LogP) is 2.25. The summed E-state index contributed by atoms with van der Waals surface area (Å²) in [6, 6.07) is 3.91. The Bertz CT molecular complexity index is 635. The number of pyridine rings is 1. The normalized spacial score (nSPS) is 11.0. The number of rotatable bonds is 1. The Balaban J connectivity index is 2.53. The fourth-order valence-corrected chi connectivity index (χ4v) is 2.60. The Morgan fingerprint density at radius 1 is 1.27 bits per heavy atom. The maximum atomic E-state index is 5.19. The molecule has 0 spiro atoms. The molecule has 0 amide bonds. The minimum Gasteiger partial charge on any atom is -0.480 e. The lowest BCUT2D eigenvalue weighted by Crippen LogP contribution is -1.87. The Hall–Kier alpha value is -1.75. The molecule has 0 saturated carbocycles. The molecule has 3 rings (SSSR count). The third-order valence-corrected chi connectivity index (χ3v) is 3.28. The molecular formula is C10H7N3OS. The number of methoxy groups -OCH3 is 1. The molecule has 0 radical (unpaired) electrons. The van der Waals surface area contributed by atoms with Crippen LogP contribution in [0.2, 0.25) is 0 Å². The van der Waals surface area contributed by atoms with Crippen molar-refractivity contribution >= 4 is 31.8 Å². The SMILES string of the molecule is COc1ncnc2c1sc1ncccc12. The second-order valence-electron chi connectivity index (χ2n) is 3.02. The summed E-state index contributed by atoms with van der Waals surface area (Å²) < 4.78 is 6.14. The summed E-state index contributed by atoms with van der Waals surface area (Å²) in [5.41, 5.74) is 0.912. The predicted molar refractivity (Wildman–Crippen MR) is 59.3 cm³/mol. The van der Waals surface area contributed by atoms with E-state index in [1.54, 1.807) is 24.6 Å². The zero-order chi connectivity index (χ0) is 10.3. The van der Waals surface area contributed by atoms with E-state index in [0.29, 0.717) is 5.88 Å². The minimum absolute atomic E-state index is 0.614. The quantitative estimate of drug-likeness (QED) is 0.627. The molecule has 3 aromatic rings. The first kappa shape index (κ1) is 8.55. The van der Waals surface area contributed by atoms with Crippen molar-refractivity contribution in [1.29, 1.82) is 0 Å². The van der Waals surface area contributed by atoms with E-state index in [2.05, 4.69) is 15.0 Å². The molecule has 0 bridgehead atoms. The van der Waals surface area contributed by atoms with Crippen LogP contribution in [0.5, 0.6) is 5.88 Å². The van der Waals surface area contributed by atoms with Crippen LogP contribution in [0.3, 0.4) is 0 Å². The maximum Gasteiger partial charge on any atom is 0.234 e. The smallest absolute Gasteiger partial charge is 0.234 e. The molecule has 0 aliphatic carbocycles. The van der Waals surface area contributed by atoms with Gasteiger partial charge in [-0.1, -0.05) is 0 Å². The topological polar surface area (TPSA) is 47.9 Å². The summed E-state index contributed by atoms with van der Waals surface area (Å²) in [6.07, 6.45) is 3.29. The standard InChI is InChI=1S/C10H7N3OS/c1-14-9-8-7(12-5-13-9)6-3-2-4-11-10(6)15-8/h2-5H,1H3. The third-order valence-electron chi connectivity index (χ3n) is 2.19. The Kier molecular flexibility index (Phi) is 1.78. The first-order chi connectivity index (χ1) is 7.40. The van der Waals surface area contributed by atoms with E-state index in [1.807, 2.05) is 12.1 Å². The van der Waals surface area contributed by atoms with Crippen LogP contribution < -0.4 is 4.74 Å². The number of hydrogen-bond acceptors (Lipinski definition) is 5. The van der Waals surface area contributed by atoms with E-state index in [4.69, 9.17) is 4.74 Å². The third kappa shape index (κ3) is 1.16. The van der Waals surface area contributed by atoms with Crippen LogP contribution in [0, 0.1) is 0 Å². The van der Waals surface area contributed by atoms with E-state index in [9.17, 15) is 0 Å². The van der Waals surface area contributed by atoms with Gasteiger partial charge >= 0.3 is 0 Å². The Morgan fingerprint density at radius 3 is 3.07 bits per heavy atom. The molecule has 0 aliphatic heterocycles. The van der Waals surface area contributed by atoms with Gasteiger partial charge in [-0.2, -0.15) is 0 Å². The van der Waals surface area contributed by atoms with Crippen LogP contribution >= 0.6 is 11.3 Å². The summed E-state index contributed by atoms with van der Waals surface area (Å²) in [6.45, 7) is 0. The highest BCUT2D eigenvalue weighted by molar-refractivity contribution is 7.25. The lowest BCUT2D eigenvalue weighted by atomic mass is 10.3. The molecule has 0 saturated heterocycles. The van der Waals surface area contributed by atoms with Crippen molar-refractivity contribution in [3.8, 4) is 5.88 Å². The zero-order valence-electron chi connectivity index (χ0n) is 7.97. The monoisotopic (exact) mass is 217 g/mol. The van der Waals surface area contributed by atoms with Gasteiger partial charge in [0.1, 0.15) is 15.9 Å². The highest BCUT2D eigenvalue weighted by Crippen LogP contribution is 2.34. The van der Waals surface area contributed by atoms with Gasteiger partial charge in [-0.15, -0.1) is 11.3 Å². The first-order valence-electron chi connectivity index (χ1n) is 4.42. The second kappa shape index (κ2) is 3.13.